The Morgan fingerprint density at radius 2 is 1.96 bits per heavy atom. The summed E-state index contributed by atoms with van der Waals surface area (Å²) in [7, 11) is 0. The first kappa shape index (κ1) is 14.6. The lowest BCUT2D eigenvalue weighted by molar-refractivity contribution is 0.0931. The van der Waals surface area contributed by atoms with Crippen molar-refractivity contribution >= 4 is 5.91 Å². The van der Waals surface area contributed by atoms with Crippen LogP contribution in [0.5, 0.6) is 5.75 Å². The first-order valence-corrected chi connectivity index (χ1v) is 8.69. The minimum atomic E-state index is -0.300. The van der Waals surface area contributed by atoms with Crippen LogP contribution in [0.2, 0.25) is 0 Å². The SMILES string of the molecule is C[C@@H]1C[C@@H]2[C@H]3CC[C@H](C3)[C@@H]2C=C1NNC(=O)c1ccccc1O. The molecule has 4 heteroatoms. The minimum Gasteiger partial charge on any atom is -0.507 e. The second kappa shape index (κ2) is 5.59. The number of hydrazine groups is 1. The maximum atomic E-state index is 12.2. The van der Waals surface area contributed by atoms with E-state index in [0.717, 1.165) is 23.5 Å². The van der Waals surface area contributed by atoms with Crippen LogP contribution in [0.3, 0.4) is 0 Å². The first-order chi connectivity index (χ1) is 11.1. The highest BCUT2D eigenvalue weighted by molar-refractivity contribution is 5.96. The number of carbonyl (C=O) groups excluding carboxylic acids is 1. The van der Waals surface area contributed by atoms with Gasteiger partial charge in [-0.3, -0.25) is 10.2 Å². The molecule has 3 aliphatic rings. The molecule has 2 fully saturated rings. The van der Waals surface area contributed by atoms with E-state index in [0.29, 0.717) is 17.4 Å². The Morgan fingerprint density at radius 1 is 1.17 bits per heavy atom. The molecule has 1 aromatic carbocycles. The molecule has 23 heavy (non-hydrogen) atoms. The lowest BCUT2D eigenvalue weighted by Crippen LogP contribution is -2.41. The zero-order valence-corrected chi connectivity index (χ0v) is 13.5. The molecule has 0 aromatic heterocycles. The Hall–Kier alpha value is -1.97. The molecule has 2 bridgehead atoms. The highest BCUT2D eigenvalue weighted by Crippen LogP contribution is 2.57. The van der Waals surface area contributed by atoms with E-state index in [1.807, 2.05) is 0 Å². The Morgan fingerprint density at radius 3 is 2.78 bits per heavy atom. The molecule has 4 nitrogen and oxygen atoms in total. The van der Waals surface area contributed by atoms with Gasteiger partial charge in [-0.05, 0) is 67.4 Å². The number of hydrogen-bond donors (Lipinski definition) is 3. The quantitative estimate of drug-likeness (QED) is 0.751. The van der Waals surface area contributed by atoms with Gasteiger partial charge in [-0.25, -0.2) is 0 Å². The molecule has 0 unspecified atom stereocenters. The van der Waals surface area contributed by atoms with Gasteiger partial charge in [0.2, 0.25) is 0 Å². The Kier molecular flexibility index (Phi) is 3.55. The fraction of sp³-hybridized carbons (Fsp3) is 0.526. The van der Waals surface area contributed by atoms with E-state index in [1.165, 1.54) is 31.7 Å². The fourth-order valence-electron chi connectivity index (χ4n) is 5.00. The van der Waals surface area contributed by atoms with E-state index in [-0.39, 0.29) is 11.7 Å². The van der Waals surface area contributed by atoms with Gasteiger partial charge < -0.3 is 10.5 Å². The molecule has 0 saturated heterocycles. The fourth-order valence-corrected chi connectivity index (χ4v) is 5.00. The number of nitrogens with one attached hydrogen (secondary N) is 2. The molecule has 122 valence electrons. The standard InChI is InChI=1S/C19H24N2O2/c1-11-8-15-12-6-7-13(9-12)16(15)10-17(11)20-21-19(23)14-4-2-3-5-18(14)22/h2-5,10-13,15-16,20,22H,6-9H2,1H3,(H,21,23)/t11-,12+,13-,15-,16+/m1/s1. The van der Waals surface area contributed by atoms with Gasteiger partial charge in [0.15, 0.2) is 0 Å². The maximum Gasteiger partial charge on any atom is 0.273 e. The summed E-state index contributed by atoms with van der Waals surface area (Å²) in [6.07, 6.45) is 7.77. The Labute approximate surface area is 136 Å². The highest BCUT2D eigenvalue weighted by atomic mass is 16.3. The van der Waals surface area contributed by atoms with E-state index in [2.05, 4.69) is 23.9 Å². The van der Waals surface area contributed by atoms with Gasteiger partial charge in [-0.15, -0.1) is 0 Å². The van der Waals surface area contributed by atoms with E-state index in [4.69, 9.17) is 0 Å². The van der Waals surface area contributed by atoms with Crippen LogP contribution in [0.1, 0.15) is 43.0 Å². The molecule has 1 amide bonds. The number of allylic oxidation sites excluding steroid dienone is 2. The molecular weight excluding hydrogens is 288 g/mol. The summed E-state index contributed by atoms with van der Waals surface area (Å²) in [6.45, 7) is 2.23. The number of phenolic OH excluding ortho intramolecular Hbond substituents is 1. The van der Waals surface area contributed by atoms with Gasteiger partial charge in [-0.2, -0.15) is 0 Å². The number of rotatable bonds is 3. The lowest BCUT2D eigenvalue weighted by atomic mass is 9.70. The zero-order chi connectivity index (χ0) is 16.0. The van der Waals surface area contributed by atoms with Crippen LogP contribution in [0.4, 0.5) is 0 Å². The molecular formula is C19H24N2O2. The molecule has 3 aliphatic carbocycles. The molecule has 2 saturated carbocycles. The van der Waals surface area contributed by atoms with Gasteiger partial charge in [-0.1, -0.05) is 25.1 Å². The van der Waals surface area contributed by atoms with Gasteiger partial charge in [0, 0.05) is 5.70 Å². The van der Waals surface area contributed by atoms with Crippen molar-refractivity contribution in [3.05, 3.63) is 41.6 Å². The number of phenols is 1. The summed E-state index contributed by atoms with van der Waals surface area (Å²) >= 11 is 0. The molecule has 3 N–H and O–H groups in total. The van der Waals surface area contributed by atoms with Crippen LogP contribution in [0.15, 0.2) is 36.0 Å². The molecule has 5 atom stereocenters. The van der Waals surface area contributed by atoms with E-state index >= 15 is 0 Å². The second-order valence-corrected chi connectivity index (χ2v) is 7.43. The molecule has 1 aromatic rings. The van der Waals surface area contributed by atoms with E-state index in [9.17, 15) is 9.90 Å². The normalized spacial score (nSPS) is 34.7. The van der Waals surface area contributed by atoms with Crippen LogP contribution in [-0.4, -0.2) is 11.0 Å². The maximum absolute atomic E-state index is 12.2. The largest absolute Gasteiger partial charge is 0.507 e. The van der Waals surface area contributed by atoms with Crippen LogP contribution < -0.4 is 10.9 Å². The summed E-state index contributed by atoms with van der Waals surface area (Å²) in [5, 5.41) is 9.76. The van der Waals surface area contributed by atoms with Crippen molar-refractivity contribution in [3.63, 3.8) is 0 Å². The molecule has 0 spiro atoms. The zero-order valence-electron chi connectivity index (χ0n) is 13.5. The number of amides is 1. The predicted octanol–water partition coefficient (Wildman–Crippen LogP) is 3.21. The Bertz CT molecular complexity index is 655. The number of aromatic hydroxyl groups is 1. The van der Waals surface area contributed by atoms with Crippen molar-refractivity contribution in [2.24, 2.45) is 29.6 Å². The predicted molar refractivity (Wildman–Crippen MR) is 88.4 cm³/mol. The number of carbonyl (C=O) groups is 1. The highest BCUT2D eigenvalue weighted by Gasteiger charge is 2.48. The average molecular weight is 312 g/mol. The third kappa shape index (κ3) is 2.50. The number of hydrogen-bond acceptors (Lipinski definition) is 3. The summed E-state index contributed by atoms with van der Waals surface area (Å²) in [5.41, 5.74) is 7.29. The third-order valence-corrected chi connectivity index (χ3v) is 6.16. The van der Waals surface area contributed by atoms with Crippen molar-refractivity contribution in [2.45, 2.75) is 32.6 Å². The van der Waals surface area contributed by atoms with Crippen LogP contribution in [0.25, 0.3) is 0 Å². The van der Waals surface area contributed by atoms with Crippen LogP contribution >= 0.6 is 0 Å². The summed E-state index contributed by atoms with van der Waals surface area (Å²) in [4.78, 5) is 12.2. The molecule has 0 heterocycles. The topological polar surface area (TPSA) is 61.4 Å². The summed E-state index contributed by atoms with van der Waals surface area (Å²) in [6, 6.07) is 6.60. The van der Waals surface area contributed by atoms with Crippen molar-refractivity contribution in [1.82, 2.24) is 10.9 Å². The van der Waals surface area contributed by atoms with Crippen molar-refractivity contribution in [3.8, 4) is 5.75 Å². The van der Waals surface area contributed by atoms with Gasteiger partial charge in [0.1, 0.15) is 5.75 Å². The minimum absolute atomic E-state index is 0.00522. The summed E-state index contributed by atoms with van der Waals surface area (Å²) in [5.74, 6) is 3.47. The van der Waals surface area contributed by atoms with Crippen molar-refractivity contribution < 1.29 is 9.90 Å². The van der Waals surface area contributed by atoms with Crippen molar-refractivity contribution in [1.29, 1.82) is 0 Å². The average Bonchev–Trinajstić information content (AvgIpc) is 3.14. The van der Waals surface area contributed by atoms with Gasteiger partial charge >= 0.3 is 0 Å². The Balaban J connectivity index is 1.45. The summed E-state index contributed by atoms with van der Waals surface area (Å²) < 4.78 is 0. The smallest absolute Gasteiger partial charge is 0.273 e. The number of para-hydroxylation sites is 1. The number of fused-ring (bicyclic) bond motifs is 5. The second-order valence-electron chi connectivity index (χ2n) is 7.43. The third-order valence-electron chi connectivity index (χ3n) is 6.16. The van der Waals surface area contributed by atoms with Crippen molar-refractivity contribution in [2.75, 3.05) is 0 Å². The van der Waals surface area contributed by atoms with E-state index in [1.54, 1.807) is 18.2 Å². The van der Waals surface area contributed by atoms with Gasteiger partial charge in [0.25, 0.3) is 5.91 Å². The van der Waals surface area contributed by atoms with Crippen LogP contribution in [0, 0.1) is 29.6 Å². The molecule has 0 radical (unpaired) electrons. The molecule has 4 rings (SSSR count). The lowest BCUT2D eigenvalue weighted by Gasteiger charge is -2.37. The van der Waals surface area contributed by atoms with Crippen LogP contribution in [-0.2, 0) is 0 Å². The number of benzene rings is 1. The monoisotopic (exact) mass is 312 g/mol. The first-order valence-electron chi connectivity index (χ1n) is 8.69. The van der Waals surface area contributed by atoms with Gasteiger partial charge in [0.05, 0.1) is 5.56 Å². The molecule has 0 aliphatic heterocycles. The van der Waals surface area contributed by atoms with E-state index < -0.39 is 0 Å².